The first kappa shape index (κ1) is 13.9. The van der Waals surface area contributed by atoms with Crippen molar-refractivity contribution in [3.05, 3.63) is 58.4 Å². The van der Waals surface area contributed by atoms with Gasteiger partial charge in [0.1, 0.15) is 0 Å². The fourth-order valence-corrected chi connectivity index (χ4v) is 2.22. The average molecular weight is 275 g/mol. The minimum Gasteiger partial charge on any atom is -0.378 e. The third-order valence-electron chi connectivity index (χ3n) is 3.23. The van der Waals surface area contributed by atoms with Gasteiger partial charge in [-0.15, -0.1) is 0 Å². The maximum absolute atomic E-state index is 6.09. The molecule has 1 heterocycles. The summed E-state index contributed by atoms with van der Waals surface area (Å²) in [5.74, 6) is 0.567. The van der Waals surface area contributed by atoms with E-state index in [-0.39, 0.29) is 0 Å². The van der Waals surface area contributed by atoms with Crippen LogP contribution in [0.25, 0.3) is 0 Å². The van der Waals surface area contributed by atoms with Gasteiger partial charge in [0.25, 0.3) is 0 Å². The molecule has 3 heteroatoms. The summed E-state index contributed by atoms with van der Waals surface area (Å²) in [6.07, 6.45) is 1.72. The van der Waals surface area contributed by atoms with Gasteiger partial charge in [0.15, 0.2) is 5.15 Å². The number of anilines is 1. The second kappa shape index (κ2) is 6.07. The van der Waals surface area contributed by atoms with Gasteiger partial charge in [-0.1, -0.05) is 49.7 Å². The lowest BCUT2D eigenvalue weighted by Crippen LogP contribution is -2.02. The summed E-state index contributed by atoms with van der Waals surface area (Å²) in [7, 11) is 0. The summed E-state index contributed by atoms with van der Waals surface area (Å²) in [6.45, 7) is 7.18. The van der Waals surface area contributed by atoms with Crippen LogP contribution < -0.4 is 5.32 Å². The Morgan fingerprint density at radius 3 is 2.42 bits per heavy atom. The van der Waals surface area contributed by atoms with Crippen LogP contribution in [0.4, 0.5) is 5.69 Å². The predicted octanol–water partition coefficient (Wildman–Crippen LogP) is 4.78. The minimum absolute atomic E-state index is 0.527. The van der Waals surface area contributed by atoms with Crippen LogP contribution in [-0.4, -0.2) is 4.98 Å². The molecule has 0 radical (unpaired) electrons. The molecule has 0 bridgehead atoms. The molecule has 0 unspecified atom stereocenters. The molecule has 0 aliphatic heterocycles. The molecule has 1 N–H and O–H groups in total. The van der Waals surface area contributed by atoms with Crippen molar-refractivity contribution >= 4 is 17.3 Å². The van der Waals surface area contributed by atoms with Crippen LogP contribution in [0, 0.1) is 6.92 Å². The first-order valence-electron chi connectivity index (χ1n) is 6.51. The largest absolute Gasteiger partial charge is 0.378 e. The Bertz CT molecular complexity index is 527. The SMILES string of the molecule is Cc1ccnc(Cl)c1NCc1ccc(C(C)C)cc1. The van der Waals surface area contributed by atoms with Crippen molar-refractivity contribution in [3.63, 3.8) is 0 Å². The van der Waals surface area contributed by atoms with E-state index in [4.69, 9.17) is 11.6 Å². The van der Waals surface area contributed by atoms with Crippen LogP contribution in [0.5, 0.6) is 0 Å². The maximum atomic E-state index is 6.09. The molecule has 0 saturated heterocycles. The molecule has 1 aromatic heterocycles. The molecule has 0 aliphatic rings. The highest BCUT2D eigenvalue weighted by Gasteiger charge is 2.04. The number of aromatic nitrogens is 1. The standard InChI is InChI=1S/C16H19ClN2/c1-11(2)14-6-4-13(5-7-14)10-19-15-12(3)8-9-18-16(15)17/h4-9,11,19H,10H2,1-3H3. The quantitative estimate of drug-likeness (QED) is 0.812. The Labute approximate surface area is 119 Å². The Balaban J connectivity index is 2.06. The van der Waals surface area contributed by atoms with Gasteiger partial charge in [0, 0.05) is 12.7 Å². The molecule has 0 fully saturated rings. The highest BCUT2D eigenvalue weighted by Crippen LogP contribution is 2.23. The highest BCUT2D eigenvalue weighted by molar-refractivity contribution is 6.32. The van der Waals surface area contributed by atoms with Gasteiger partial charge in [-0.05, 0) is 35.6 Å². The van der Waals surface area contributed by atoms with E-state index in [0.717, 1.165) is 17.8 Å². The second-order valence-corrected chi connectivity index (χ2v) is 5.40. The topological polar surface area (TPSA) is 24.9 Å². The van der Waals surface area contributed by atoms with Crippen molar-refractivity contribution in [3.8, 4) is 0 Å². The smallest absolute Gasteiger partial charge is 0.152 e. The number of halogens is 1. The lowest BCUT2D eigenvalue weighted by molar-refractivity contribution is 0.865. The van der Waals surface area contributed by atoms with E-state index in [2.05, 4.69) is 48.4 Å². The zero-order chi connectivity index (χ0) is 13.8. The molecule has 100 valence electrons. The van der Waals surface area contributed by atoms with Gasteiger partial charge in [0.2, 0.25) is 0 Å². The van der Waals surface area contributed by atoms with Gasteiger partial charge in [-0.25, -0.2) is 4.98 Å². The third kappa shape index (κ3) is 3.48. The second-order valence-electron chi connectivity index (χ2n) is 5.04. The molecule has 0 amide bonds. The molecule has 0 aliphatic carbocycles. The van der Waals surface area contributed by atoms with E-state index < -0.39 is 0 Å². The number of hydrogen-bond acceptors (Lipinski definition) is 2. The van der Waals surface area contributed by atoms with Gasteiger partial charge in [-0.3, -0.25) is 0 Å². The lowest BCUT2D eigenvalue weighted by atomic mass is 10.0. The van der Waals surface area contributed by atoms with Gasteiger partial charge >= 0.3 is 0 Å². The summed E-state index contributed by atoms with van der Waals surface area (Å²) in [4.78, 5) is 4.09. The number of rotatable bonds is 4. The first-order valence-corrected chi connectivity index (χ1v) is 6.89. The average Bonchev–Trinajstić information content (AvgIpc) is 2.38. The number of pyridine rings is 1. The number of benzene rings is 1. The lowest BCUT2D eigenvalue weighted by Gasteiger charge is -2.11. The molecular formula is C16H19ClN2. The molecule has 1 aromatic carbocycles. The Morgan fingerprint density at radius 1 is 1.16 bits per heavy atom. The number of nitrogens with zero attached hydrogens (tertiary/aromatic N) is 1. The van der Waals surface area contributed by atoms with Gasteiger partial charge in [0.05, 0.1) is 5.69 Å². The molecular weight excluding hydrogens is 256 g/mol. The van der Waals surface area contributed by atoms with E-state index in [1.54, 1.807) is 6.20 Å². The van der Waals surface area contributed by atoms with Gasteiger partial charge < -0.3 is 5.32 Å². The first-order chi connectivity index (χ1) is 9.08. The monoisotopic (exact) mass is 274 g/mol. The van der Waals surface area contributed by atoms with Crippen molar-refractivity contribution in [1.82, 2.24) is 4.98 Å². The van der Waals surface area contributed by atoms with Crippen molar-refractivity contribution in [2.45, 2.75) is 33.2 Å². The van der Waals surface area contributed by atoms with Crippen LogP contribution in [0.3, 0.4) is 0 Å². The van der Waals surface area contributed by atoms with Crippen LogP contribution in [0.15, 0.2) is 36.5 Å². The van der Waals surface area contributed by atoms with Crippen molar-refractivity contribution in [2.75, 3.05) is 5.32 Å². The summed E-state index contributed by atoms with van der Waals surface area (Å²) >= 11 is 6.09. The molecule has 19 heavy (non-hydrogen) atoms. The number of aryl methyl sites for hydroxylation is 1. The van der Waals surface area contributed by atoms with E-state index in [1.165, 1.54) is 11.1 Å². The number of nitrogens with one attached hydrogen (secondary N) is 1. The third-order valence-corrected chi connectivity index (χ3v) is 3.52. The fraction of sp³-hybridized carbons (Fsp3) is 0.312. The molecule has 2 nitrogen and oxygen atoms in total. The zero-order valence-corrected chi connectivity index (χ0v) is 12.3. The summed E-state index contributed by atoms with van der Waals surface area (Å²) in [5.41, 5.74) is 4.62. The molecule has 0 spiro atoms. The Hall–Kier alpha value is -1.54. The summed E-state index contributed by atoms with van der Waals surface area (Å²) in [5, 5.41) is 3.88. The maximum Gasteiger partial charge on any atom is 0.152 e. The normalized spacial score (nSPS) is 10.8. The summed E-state index contributed by atoms with van der Waals surface area (Å²) in [6, 6.07) is 10.6. The van der Waals surface area contributed by atoms with E-state index in [0.29, 0.717) is 11.1 Å². The molecule has 0 atom stereocenters. The summed E-state index contributed by atoms with van der Waals surface area (Å²) < 4.78 is 0. The van der Waals surface area contributed by atoms with E-state index >= 15 is 0 Å². The predicted molar refractivity (Wildman–Crippen MR) is 81.8 cm³/mol. The Kier molecular flexibility index (Phi) is 4.43. The van der Waals surface area contributed by atoms with Crippen LogP contribution in [0.2, 0.25) is 5.15 Å². The van der Waals surface area contributed by atoms with Crippen molar-refractivity contribution in [1.29, 1.82) is 0 Å². The highest BCUT2D eigenvalue weighted by atomic mass is 35.5. The zero-order valence-electron chi connectivity index (χ0n) is 11.6. The van der Waals surface area contributed by atoms with Crippen LogP contribution >= 0.6 is 11.6 Å². The molecule has 2 aromatic rings. The fourth-order valence-electron chi connectivity index (χ4n) is 1.95. The molecule has 0 saturated carbocycles. The Morgan fingerprint density at radius 2 is 1.84 bits per heavy atom. The van der Waals surface area contributed by atoms with Crippen molar-refractivity contribution < 1.29 is 0 Å². The molecule has 2 rings (SSSR count). The van der Waals surface area contributed by atoms with Gasteiger partial charge in [-0.2, -0.15) is 0 Å². The van der Waals surface area contributed by atoms with Crippen LogP contribution in [-0.2, 0) is 6.54 Å². The van der Waals surface area contributed by atoms with Crippen molar-refractivity contribution in [2.24, 2.45) is 0 Å². The van der Waals surface area contributed by atoms with Crippen LogP contribution in [0.1, 0.15) is 36.5 Å². The van der Waals surface area contributed by atoms with E-state index in [9.17, 15) is 0 Å². The van der Waals surface area contributed by atoms with E-state index in [1.807, 2.05) is 13.0 Å². The number of hydrogen-bond donors (Lipinski definition) is 1. The minimum atomic E-state index is 0.527.